The molecule has 0 heterocycles. The zero-order chi connectivity index (χ0) is 13.4. The average molecular weight is 258 g/mol. The zero-order valence-electron chi connectivity index (χ0n) is 10.3. The molecule has 0 bridgehead atoms. The van der Waals surface area contributed by atoms with E-state index in [-0.39, 0.29) is 24.8 Å². The monoisotopic (exact) mass is 258 g/mol. The van der Waals surface area contributed by atoms with Gasteiger partial charge in [0, 0.05) is 24.8 Å². The third kappa shape index (κ3) is 4.68. The molecule has 3 nitrogen and oxygen atoms in total. The van der Waals surface area contributed by atoms with E-state index in [2.05, 4.69) is 5.32 Å². The topological polar surface area (TPSA) is 58.3 Å². The fraction of sp³-hybridized carbons (Fsp3) is 0.538. The van der Waals surface area contributed by atoms with Gasteiger partial charge in [0.2, 0.25) is 0 Å². The summed E-state index contributed by atoms with van der Waals surface area (Å²) in [4.78, 5) is 0. The number of unbranched alkanes of at least 4 members (excludes halogenated alkanes) is 2. The molecule has 0 fully saturated rings. The second-order valence-electron chi connectivity index (χ2n) is 4.19. The molecule has 5 heteroatoms. The summed E-state index contributed by atoms with van der Waals surface area (Å²) in [6.45, 7) is 1.05. The molecule has 0 aliphatic rings. The normalized spacial score (nSPS) is 12.7. The van der Waals surface area contributed by atoms with Crippen molar-refractivity contribution in [2.75, 3.05) is 19.7 Å². The number of benzene rings is 1. The van der Waals surface area contributed by atoms with Gasteiger partial charge in [-0.3, -0.25) is 0 Å². The molecule has 0 aromatic heterocycles. The first-order valence-corrected chi connectivity index (χ1v) is 6.18. The van der Waals surface area contributed by atoms with Crippen molar-refractivity contribution in [3.63, 3.8) is 0 Å². The quantitative estimate of drug-likeness (QED) is 0.622. The molecule has 0 saturated heterocycles. The number of rotatable bonds is 8. The first-order valence-electron chi connectivity index (χ1n) is 6.18. The molecular weight excluding hydrogens is 238 g/mol. The molecule has 1 aromatic carbocycles. The number of nitrogens with one attached hydrogen (secondary N) is 1. The van der Waals surface area contributed by atoms with E-state index in [0.717, 1.165) is 31.4 Å². The predicted octanol–water partition coefficient (Wildman–Crippen LogP) is 1.72. The van der Waals surface area contributed by atoms with Crippen LogP contribution in [0.15, 0.2) is 18.2 Å². The summed E-state index contributed by atoms with van der Waals surface area (Å²) < 4.78 is 26.6. The van der Waals surface area contributed by atoms with Crippen LogP contribution in [0.3, 0.4) is 0 Å². The Bertz CT molecular complexity index is 361. The van der Waals surface area contributed by atoms with E-state index in [1.807, 2.05) is 0 Å². The van der Waals surface area contributed by atoms with Crippen LogP contribution >= 0.6 is 0 Å². The van der Waals surface area contributed by atoms with Crippen molar-refractivity contribution in [3.05, 3.63) is 35.4 Å². The molecular formula is C13H20F2N2O. The van der Waals surface area contributed by atoms with E-state index in [1.165, 1.54) is 6.07 Å². The van der Waals surface area contributed by atoms with Crippen molar-refractivity contribution in [3.8, 4) is 0 Å². The van der Waals surface area contributed by atoms with Crippen LogP contribution < -0.4 is 11.1 Å². The lowest BCUT2D eigenvalue weighted by atomic mass is 10.1. The Morgan fingerprint density at radius 2 is 2.00 bits per heavy atom. The van der Waals surface area contributed by atoms with Crippen molar-refractivity contribution in [2.45, 2.75) is 25.3 Å². The molecule has 0 amide bonds. The highest BCUT2D eigenvalue weighted by Crippen LogP contribution is 2.17. The van der Waals surface area contributed by atoms with Gasteiger partial charge in [-0.25, -0.2) is 8.78 Å². The van der Waals surface area contributed by atoms with Gasteiger partial charge in [-0.15, -0.1) is 0 Å². The Balaban J connectivity index is 2.52. The third-order valence-electron chi connectivity index (χ3n) is 2.79. The third-order valence-corrected chi connectivity index (χ3v) is 2.79. The smallest absolute Gasteiger partial charge is 0.128 e. The SMILES string of the molecule is NCC(NCCCCCO)c1cc(F)ccc1F. The Morgan fingerprint density at radius 1 is 1.22 bits per heavy atom. The fourth-order valence-corrected chi connectivity index (χ4v) is 1.79. The number of halogens is 2. The van der Waals surface area contributed by atoms with Crippen molar-refractivity contribution >= 4 is 0 Å². The van der Waals surface area contributed by atoms with Gasteiger partial charge in [0.1, 0.15) is 11.6 Å². The van der Waals surface area contributed by atoms with Crippen molar-refractivity contribution in [2.24, 2.45) is 5.73 Å². The molecule has 102 valence electrons. The standard InChI is InChI=1S/C13H20F2N2O/c14-10-4-5-12(15)11(8-10)13(9-16)17-6-2-1-3-7-18/h4-5,8,13,17-18H,1-3,6-7,9,16H2. The lowest BCUT2D eigenvalue weighted by Crippen LogP contribution is -2.29. The van der Waals surface area contributed by atoms with Crippen molar-refractivity contribution in [1.29, 1.82) is 0 Å². The lowest BCUT2D eigenvalue weighted by molar-refractivity contribution is 0.282. The molecule has 0 radical (unpaired) electrons. The summed E-state index contributed by atoms with van der Waals surface area (Å²) in [5.41, 5.74) is 5.84. The first kappa shape index (κ1) is 15.0. The van der Waals surface area contributed by atoms with E-state index >= 15 is 0 Å². The minimum absolute atomic E-state index is 0.179. The van der Waals surface area contributed by atoms with Gasteiger partial charge in [-0.2, -0.15) is 0 Å². The molecule has 0 saturated carbocycles. The van der Waals surface area contributed by atoms with Crippen LogP contribution in [0.1, 0.15) is 30.9 Å². The summed E-state index contributed by atoms with van der Waals surface area (Å²) in [6, 6.07) is 3.00. The van der Waals surface area contributed by atoms with E-state index in [1.54, 1.807) is 0 Å². The van der Waals surface area contributed by atoms with Gasteiger partial charge < -0.3 is 16.2 Å². The summed E-state index contributed by atoms with van der Waals surface area (Å²) in [7, 11) is 0. The van der Waals surface area contributed by atoms with Gasteiger partial charge in [0.15, 0.2) is 0 Å². The zero-order valence-corrected chi connectivity index (χ0v) is 10.3. The Labute approximate surface area is 106 Å². The minimum atomic E-state index is -0.466. The molecule has 1 unspecified atom stereocenters. The highest BCUT2D eigenvalue weighted by Gasteiger charge is 2.14. The van der Waals surface area contributed by atoms with Gasteiger partial charge in [0.05, 0.1) is 0 Å². The van der Waals surface area contributed by atoms with Crippen LogP contribution in [-0.4, -0.2) is 24.8 Å². The fourth-order valence-electron chi connectivity index (χ4n) is 1.79. The van der Waals surface area contributed by atoms with Crippen LogP contribution in [0.5, 0.6) is 0 Å². The number of aliphatic hydroxyl groups excluding tert-OH is 1. The van der Waals surface area contributed by atoms with Crippen molar-refractivity contribution in [1.82, 2.24) is 5.32 Å². The van der Waals surface area contributed by atoms with Gasteiger partial charge in [0.25, 0.3) is 0 Å². The maximum Gasteiger partial charge on any atom is 0.128 e. The van der Waals surface area contributed by atoms with E-state index < -0.39 is 11.6 Å². The molecule has 1 atom stereocenters. The van der Waals surface area contributed by atoms with E-state index in [9.17, 15) is 8.78 Å². The Hall–Kier alpha value is -1.04. The Morgan fingerprint density at radius 3 is 2.67 bits per heavy atom. The molecule has 0 aliphatic carbocycles. The number of nitrogens with two attached hydrogens (primary N) is 1. The molecule has 1 rings (SSSR count). The molecule has 4 N–H and O–H groups in total. The van der Waals surface area contributed by atoms with Crippen LogP contribution in [0, 0.1) is 11.6 Å². The molecule has 0 spiro atoms. The van der Waals surface area contributed by atoms with Gasteiger partial charge in [-0.1, -0.05) is 0 Å². The minimum Gasteiger partial charge on any atom is -0.396 e. The van der Waals surface area contributed by atoms with Gasteiger partial charge >= 0.3 is 0 Å². The van der Waals surface area contributed by atoms with Crippen LogP contribution in [0.25, 0.3) is 0 Å². The number of hydrogen-bond donors (Lipinski definition) is 3. The largest absolute Gasteiger partial charge is 0.396 e. The van der Waals surface area contributed by atoms with E-state index in [4.69, 9.17) is 10.8 Å². The van der Waals surface area contributed by atoms with Crippen LogP contribution in [0.2, 0.25) is 0 Å². The predicted molar refractivity (Wildman–Crippen MR) is 67.1 cm³/mol. The summed E-state index contributed by atoms with van der Waals surface area (Å²) in [5.74, 6) is -0.915. The highest BCUT2D eigenvalue weighted by molar-refractivity contribution is 5.22. The lowest BCUT2D eigenvalue weighted by Gasteiger charge is -2.18. The summed E-state index contributed by atoms with van der Waals surface area (Å²) in [6.07, 6.45) is 2.52. The molecule has 18 heavy (non-hydrogen) atoms. The number of hydrogen-bond acceptors (Lipinski definition) is 3. The van der Waals surface area contributed by atoms with Crippen LogP contribution in [0.4, 0.5) is 8.78 Å². The first-order chi connectivity index (χ1) is 8.69. The maximum absolute atomic E-state index is 13.5. The molecule has 1 aromatic rings. The van der Waals surface area contributed by atoms with Gasteiger partial charge in [-0.05, 0) is 44.0 Å². The second-order valence-corrected chi connectivity index (χ2v) is 4.19. The average Bonchev–Trinajstić information content (AvgIpc) is 2.37. The van der Waals surface area contributed by atoms with Crippen LogP contribution in [-0.2, 0) is 0 Å². The Kier molecular flexibility index (Phi) is 6.78. The maximum atomic E-state index is 13.5. The van der Waals surface area contributed by atoms with Crippen molar-refractivity contribution < 1.29 is 13.9 Å². The van der Waals surface area contributed by atoms with E-state index in [0.29, 0.717) is 6.54 Å². The number of aliphatic hydroxyl groups is 1. The molecule has 0 aliphatic heterocycles. The summed E-state index contributed by atoms with van der Waals surface area (Å²) in [5, 5.41) is 11.7. The summed E-state index contributed by atoms with van der Waals surface area (Å²) >= 11 is 0. The second kappa shape index (κ2) is 8.13. The highest BCUT2D eigenvalue weighted by atomic mass is 19.1.